The van der Waals surface area contributed by atoms with Crippen molar-refractivity contribution in [2.45, 2.75) is 33.6 Å². The van der Waals surface area contributed by atoms with Crippen LogP contribution in [-0.2, 0) is 0 Å². The highest BCUT2D eigenvalue weighted by Crippen LogP contribution is 2.09. The molecule has 0 aliphatic heterocycles. The summed E-state index contributed by atoms with van der Waals surface area (Å²) in [5.41, 5.74) is 8.86. The van der Waals surface area contributed by atoms with Gasteiger partial charge in [-0.3, -0.25) is 4.99 Å². The fourth-order valence-electron chi connectivity index (χ4n) is 1.05. The number of aliphatic imine (C=N–C) groups is 1. The molecule has 0 unspecified atom stereocenters. The SMILES string of the molecule is CCC/C(C(C)=NC)=C(\C)N. The largest absolute Gasteiger partial charge is 0.402 e. The summed E-state index contributed by atoms with van der Waals surface area (Å²) in [5, 5.41) is 0. The molecule has 0 spiro atoms. The second kappa shape index (κ2) is 4.94. The van der Waals surface area contributed by atoms with E-state index >= 15 is 0 Å². The highest BCUT2D eigenvalue weighted by molar-refractivity contribution is 5.98. The van der Waals surface area contributed by atoms with Gasteiger partial charge in [0.15, 0.2) is 0 Å². The standard InChI is InChI=1S/C9H18N2/c1-5-6-9(7(2)10)8(3)11-4/h5-6,10H2,1-4H3/b9-7-,11-8?. The van der Waals surface area contributed by atoms with Crippen molar-refractivity contribution in [1.82, 2.24) is 0 Å². The first-order valence-corrected chi connectivity index (χ1v) is 4.02. The number of hydrogen-bond donors (Lipinski definition) is 1. The van der Waals surface area contributed by atoms with Crippen molar-refractivity contribution in [2.24, 2.45) is 10.7 Å². The molecule has 0 aromatic heterocycles. The number of nitrogens with zero attached hydrogens (tertiary/aromatic N) is 1. The Labute approximate surface area is 69.2 Å². The minimum atomic E-state index is 0.898. The van der Waals surface area contributed by atoms with Crippen LogP contribution < -0.4 is 5.73 Å². The molecule has 0 bridgehead atoms. The van der Waals surface area contributed by atoms with Crippen LogP contribution in [0.4, 0.5) is 0 Å². The molecular formula is C9H18N2. The van der Waals surface area contributed by atoms with Crippen LogP contribution in [0.1, 0.15) is 33.6 Å². The summed E-state index contributed by atoms with van der Waals surface area (Å²) in [6, 6.07) is 0. The Morgan fingerprint density at radius 2 is 1.91 bits per heavy atom. The lowest BCUT2D eigenvalue weighted by molar-refractivity contribution is 0.917. The van der Waals surface area contributed by atoms with Crippen molar-refractivity contribution in [2.75, 3.05) is 7.05 Å². The van der Waals surface area contributed by atoms with E-state index in [4.69, 9.17) is 5.73 Å². The zero-order valence-corrected chi connectivity index (χ0v) is 7.94. The highest BCUT2D eigenvalue weighted by Gasteiger charge is 2.01. The van der Waals surface area contributed by atoms with Crippen molar-refractivity contribution >= 4 is 5.71 Å². The van der Waals surface area contributed by atoms with E-state index < -0.39 is 0 Å². The van der Waals surface area contributed by atoms with Gasteiger partial charge in [0, 0.05) is 18.5 Å². The van der Waals surface area contributed by atoms with Crippen molar-refractivity contribution in [1.29, 1.82) is 0 Å². The lowest BCUT2D eigenvalue weighted by Gasteiger charge is -2.06. The number of allylic oxidation sites excluding steroid dienone is 2. The van der Waals surface area contributed by atoms with E-state index in [0.29, 0.717) is 0 Å². The maximum atomic E-state index is 5.70. The molecule has 11 heavy (non-hydrogen) atoms. The predicted octanol–water partition coefficient (Wildman–Crippen LogP) is 2.11. The minimum absolute atomic E-state index is 0.898. The third kappa shape index (κ3) is 3.21. The van der Waals surface area contributed by atoms with Gasteiger partial charge in [0.05, 0.1) is 0 Å². The molecule has 0 radical (unpaired) electrons. The molecule has 0 aliphatic carbocycles. The summed E-state index contributed by atoms with van der Waals surface area (Å²) in [5.74, 6) is 0. The quantitative estimate of drug-likeness (QED) is 0.621. The summed E-state index contributed by atoms with van der Waals surface area (Å²) in [6.07, 6.45) is 2.16. The van der Waals surface area contributed by atoms with E-state index in [1.165, 1.54) is 5.57 Å². The number of hydrogen-bond acceptors (Lipinski definition) is 2. The Kier molecular flexibility index (Phi) is 4.59. The van der Waals surface area contributed by atoms with Gasteiger partial charge in [-0.25, -0.2) is 0 Å². The number of nitrogens with two attached hydrogens (primary N) is 1. The van der Waals surface area contributed by atoms with Crippen LogP contribution in [-0.4, -0.2) is 12.8 Å². The van der Waals surface area contributed by atoms with Gasteiger partial charge in [0.25, 0.3) is 0 Å². The molecule has 0 heterocycles. The van der Waals surface area contributed by atoms with Crippen LogP contribution in [0.2, 0.25) is 0 Å². The normalized spacial score (nSPS) is 14.7. The molecule has 0 rings (SSSR count). The van der Waals surface area contributed by atoms with Crippen LogP contribution in [0.5, 0.6) is 0 Å². The molecule has 0 saturated carbocycles. The molecular weight excluding hydrogens is 136 g/mol. The second-order valence-electron chi connectivity index (χ2n) is 2.72. The monoisotopic (exact) mass is 154 g/mol. The van der Waals surface area contributed by atoms with Crippen LogP contribution in [0.25, 0.3) is 0 Å². The lowest BCUT2D eigenvalue weighted by Crippen LogP contribution is -2.06. The molecule has 2 heteroatoms. The smallest absolute Gasteiger partial charge is 0.0362 e. The van der Waals surface area contributed by atoms with E-state index in [-0.39, 0.29) is 0 Å². The zero-order valence-electron chi connectivity index (χ0n) is 7.94. The third-order valence-electron chi connectivity index (χ3n) is 1.75. The van der Waals surface area contributed by atoms with Crippen LogP contribution in [0.3, 0.4) is 0 Å². The molecule has 0 aromatic carbocycles. The Hall–Kier alpha value is -0.790. The fraction of sp³-hybridized carbons (Fsp3) is 0.667. The van der Waals surface area contributed by atoms with Gasteiger partial charge < -0.3 is 5.73 Å². The average molecular weight is 154 g/mol. The first-order valence-electron chi connectivity index (χ1n) is 4.02. The van der Waals surface area contributed by atoms with Gasteiger partial charge in [-0.15, -0.1) is 0 Å². The Bertz CT molecular complexity index is 174. The van der Waals surface area contributed by atoms with Crippen LogP contribution >= 0.6 is 0 Å². The van der Waals surface area contributed by atoms with Gasteiger partial charge >= 0.3 is 0 Å². The maximum absolute atomic E-state index is 5.70. The Morgan fingerprint density at radius 3 is 2.18 bits per heavy atom. The van der Waals surface area contributed by atoms with Gasteiger partial charge in [0.2, 0.25) is 0 Å². The van der Waals surface area contributed by atoms with E-state index in [0.717, 1.165) is 24.3 Å². The van der Waals surface area contributed by atoms with Crippen LogP contribution in [0.15, 0.2) is 16.3 Å². The first kappa shape index (κ1) is 10.2. The fourth-order valence-corrected chi connectivity index (χ4v) is 1.05. The van der Waals surface area contributed by atoms with Crippen molar-refractivity contribution in [3.8, 4) is 0 Å². The van der Waals surface area contributed by atoms with Gasteiger partial charge in [-0.2, -0.15) is 0 Å². The summed E-state index contributed by atoms with van der Waals surface area (Å²) < 4.78 is 0. The molecule has 0 aromatic rings. The van der Waals surface area contributed by atoms with Gasteiger partial charge in [-0.05, 0) is 25.8 Å². The minimum Gasteiger partial charge on any atom is -0.402 e. The molecule has 0 saturated heterocycles. The second-order valence-corrected chi connectivity index (χ2v) is 2.72. The molecule has 0 amide bonds. The summed E-state index contributed by atoms with van der Waals surface area (Å²) in [7, 11) is 1.80. The van der Waals surface area contributed by atoms with Crippen molar-refractivity contribution < 1.29 is 0 Å². The highest BCUT2D eigenvalue weighted by atomic mass is 14.7. The molecule has 0 aliphatic rings. The summed E-state index contributed by atoms with van der Waals surface area (Å²) in [6.45, 7) is 6.08. The molecule has 0 atom stereocenters. The van der Waals surface area contributed by atoms with Gasteiger partial charge in [-0.1, -0.05) is 13.3 Å². The topological polar surface area (TPSA) is 38.4 Å². The van der Waals surface area contributed by atoms with Gasteiger partial charge in [0.1, 0.15) is 0 Å². The van der Waals surface area contributed by atoms with E-state index in [2.05, 4.69) is 11.9 Å². The van der Waals surface area contributed by atoms with Crippen molar-refractivity contribution in [3.05, 3.63) is 11.3 Å². The molecule has 2 nitrogen and oxygen atoms in total. The lowest BCUT2D eigenvalue weighted by atomic mass is 10.0. The third-order valence-corrected chi connectivity index (χ3v) is 1.75. The Balaban J connectivity index is 4.50. The average Bonchev–Trinajstić information content (AvgIpc) is 1.98. The first-order chi connectivity index (χ1) is 5.13. The summed E-state index contributed by atoms with van der Waals surface area (Å²) >= 11 is 0. The van der Waals surface area contributed by atoms with Crippen molar-refractivity contribution in [3.63, 3.8) is 0 Å². The van der Waals surface area contributed by atoms with E-state index in [9.17, 15) is 0 Å². The Morgan fingerprint density at radius 1 is 1.36 bits per heavy atom. The zero-order chi connectivity index (χ0) is 8.85. The summed E-state index contributed by atoms with van der Waals surface area (Å²) in [4.78, 5) is 4.11. The van der Waals surface area contributed by atoms with Crippen LogP contribution in [0, 0.1) is 0 Å². The predicted molar refractivity (Wildman–Crippen MR) is 50.8 cm³/mol. The maximum Gasteiger partial charge on any atom is 0.0362 e. The van der Waals surface area contributed by atoms with E-state index in [1.807, 2.05) is 13.8 Å². The molecule has 0 fully saturated rings. The molecule has 2 N–H and O–H groups in total. The van der Waals surface area contributed by atoms with E-state index in [1.54, 1.807) is 7.05 Å². The number of rotatable bonds is 3. The molecule has 64 valence electrons.